The lowest BCUT2D eigenvalue weighted by atomic mass is 10.1. The second kappa shape index (κ2) is 6.25. The van der Waals surface area contributed by atoms with Crippen LogP contribution in [-0.4, -0.2) is 38.4 Å². The van der Waals surface area contributed by atoms with Gasteiger partial charge in [0.05, 0.1) is 11.3 Å². The Labute approximate surface area is 102 Å². The first-order chi connectivity index (χ1) is 8.07. The molecular formula is C13H19NO3. The molecule has 94 valence electrons. The summed E-state index contributed by atoms with van der Waals surface area (Å²) < 4.78 is 4.99. The van der Waals surface area contributed by atoms with Gasteiger partial charge < -0.3 is 14.7 Å². The Morgan fingerprint density at radius 2 is 2.18 bits per heavy atom. The van der Waals surface area contributed by atoms with Crippen LogP contribution in [0.4, 0.5) is 5.69 Å². The Hall–Kier alpha value is -1.55. The van der Waals surface area contributed by atoms with Gasteiger partial charge in [-0.05, 0) is 25.0 Å². The van der Waals surface area contributed by atoms with Crippen LogP contribution in [-0.2, 0) is 4.74 Å². The van der Waals surface area contributed by atoms with Gasteiger partial charge in [0.25, 0.3) is 0 Å². The summed E-state index contributed by atoms with van der Waals surface area (Å²) in [7, 11) is 3.57. The molecule has 0 saturated carbocycles. The van der Waals surface area contributed by atoms with Crippen molar-refractivity contribution in [1.82, 2.24) is 0 Å². The number of aryl methyl sites for hydroxylation is 1. The summed E-state index contributed by atoms with van der Waals surface area (Å²) in [5.74, 6) is -0.887. The van der Waals surface area contributed by atoms with Gasteiger partial charge in [-0.3, -0.25) is 0 Å². The predicted molar refractivity (Wildman–Crippen MR) is 67.9 cm³/mol. The fourth-order valence-electron chi connectivity index (χ4n) is 1.90. The fraction of sp³-hybridized carbons (Fsp3) is 0.462. The molecular weight excluding hydrogens is 218 g/mol. The number of carbonyl (C=O) groups is 1. The van der Waals surface area contributed by atoms with Gasteiger partial charge in [0.2, 0.25) is 0 Å². The lowest BCUT2D eigenvalue weighted by Crippen LogP contribution is -2.23. The standard InChI is InChI=1S/C13H19NO3/c1-10-6-4-7-11(13(15)16)12(10)14(2)8-5-9-17-3/h4,6-7H,5,8-9H2,1-3H3,(H,15,16). The summed E-state index contributed by atoms with van der Waals surface area (Å²) in [6.07, 6.45) is 0.875. The molecule has 0 bridgehead atoms. The SMILES string of the molecule is COCCCN(C)c1c(C)cccc1C(=O)O. The van der Waals surface area contributed by atoms with Gasteiger partial charge in [-0.1, -0.05) is 12.1 Å². The first-order valence-corrected chi connectivity index (χ1v) is 5.61. The number of hydrogen-bond donors (Lipinski definition) is 1. The van der Waals surface area contributed by atoms with Crippen LogP contribution in [0.3, 0.4) is 0 Å². The normalized spacial score (nSPS) is 10.3. The van der Waals surface area contributed by atoms with Crippen LogP contribution in [0.5, 0.6) is 0 Å². The highest BCUT2D eigenvalue weighted by Gasteiger charge is 2.15. The number of aromatic carboxylic acids is 1. The van der Waals surface area contributed by atoms with Crippen molar-refractivity contribution in [3.63, 3.8) is 0 Å². The molecule has 4 heteroatoms. The average molecular weight is 237 g/mol. The number of hydrogen-bond acceptors (Lipinski definition) is 3. The molecule has 0 spiro atoms. The zero-order valence-electron chi connectivity index (χ0n) is 10.6. The number of carboxylic acid groups (broad SMARTS) is 1. The number of anilines is 1. The molecule has 0 radical (unpaired) electrons. The summed E-state index contributed by atoms with van der Waals surface area (Å²) in [6, 6.07) is 5.33. The van der Waals surface area contributed by atoms with Crippen LogP contribution in [0.2, 0.25) is 0 Å². The number of ether oxygens (including phenoxy) is 1. The Bertz CT molecular complexity index is 390. The first-order valence-electron chi connectivity index (χ1n) is 5.61. The second-order valence-corrected chi connectivity index (χ2v) is 4.04. The molecule has 17 heavy (non-hydrogen) atoms. The Balaban J connectivity index is 2.90. The molecule has 0 fully saturated rings. The highest BCUT2D eigenvalue weighted by atomic mass is 16.5. The van der Waals surface area contributed by atoms with E-state index in [1.165, 1.54) is 0 Å². The molecule has 0 aliphatic heterocycles. The van der Waals surface area contributed by atoms with Gasteiger partial charge in [0.15, 0.2) is 0 Å². The lowest BCUT2D eigenvalue weighted by Gasteiger charge is -2.23. The zero-order valence-corrected chi connectivity index (χ0v) is 10.6. The molecule has 1 aromatic carbocycles. The fourth-order valence-corrected chi connectivity index (χ4v) is 1.90. The number of para-hydroxylation sites is 1. The van der Waals surface area contributed by atoms with Crippen molar-refractivity contribution in [3.05, 3.63) is 29.3 Å². The summed E-state index contributed by atoms with van der Waals surface area (Å²) in [6.45, 7) is 3.38. The van der Waals surface area contributed by atoms with Crippen molar-refractivity contribution in [1.29, 1.82) is 0 Å². The monoisotopic (exact) mass is 237 g/mol. The van der Waals surface area contributed by atoms with Crippen molar-refractivity contribution in [2.75, 3.05) is 32.2 Å². The molecule has 0 saturated heterocycles. The molecule has 4 nitrogen and oxygen atoms in total. The molecule has 0 unspecified atom stereocenters. The van der Waals surface area contributed by atoms with Crippen molar-refractivity contribution in [2.24, 2.45) is 0 Å². The Morgan fingerprint density at radius 3 is 2.76 bits per heavy atom. The van der Waals surface area contributed by atoms with Crippen LogP contribution in [0.15, 0.2) is 18.2 Å². The maximum Gasteiger partial charge on any atom is 0.337 e. The van der Waals surface area contributed by atoms with Gasteiger partial charge >= 0.3 is 5.97 Å². The molecule has 0 aliphatic carbocycles. The maximum absolute atomic E-state index is 11.2. The van der Waals surface area contributed by atoms with Gasteiger partial charge in [0, 0.05) is 27.3 Å². The number of carboxylic acids is 1. The Kier molecular flexibility index (Phi) is 4.97. The minimum absolute atomic E-state index is 0.352. The van der Waals surface area contributed by atoms with Gasteiger partial charge in [-0.25, -0.2) is 4.79 Å². The average Bonchev–Trinajstić information content (AvgIpc) is 2.28. The second-order valence-electron chi connectivity index (χ2n) is 4.04. The van der Waals surface area contributed by atoms with Crippen LogP contribution in [0.25, 0.3) is 0 Å². The van der Waals surface area contributed by atoms with Crippen molar-refractivity contribution in [2.45, 2.75) is 13.3 Å². The van der Waals surface area contributed by atoms with E-state index in [1.807, 2.05) is 24.9 Å². The number of nitrogens with zero attached hydrogens (tertiary/aromatic N) is 1. The van der Waals surface area contributed by atoms with Crippen LogP contribution >= 0.6 is 0 Å². The van der Waals surface area contributed by atoms with Crippen molar-refractivity contribution in [3.8, 4) is 0 Å². The summed E-state index contributed by atoms with van der Waals surface area (Å²) in [5.41, 5.74) is 2.12. The van der Waals surface area contributed by atoms with Gasteiger partial charge in [0.1, 0.15) is 0 Å². The van der Waals surface area contributed by atoms with E-state index in [9.17, 15) is 4.79 Å². The van der Waals surface area contributed by atoms with Crippen LogP contribution in [0.1, 0.15) is 22.3 Å². The predicted octanol–water partition coefficient (Wildman–Crippen LogP) is 2.17. The van der Waals surface area contributed by atoms with E-state index in [-0.39, 0.29) is 0 Å². The minimum Gasteiger partial charge on any atom is -0.478 e. The van der Waals surface area contributed by atoms with Gasteiger partial charge in [-0.2, -0.15) is 0 Å². The van der Waals surface area contributed by atoms with E-state index >= 15 is 0 Å². The Morgan fingerprint density at radius 1 is 1.47 bits per heavy atom. The third kappa shape index (κ3) is 3.46. The van der Waals surface area contributed by atoms with E-state index in [2.05, 4.69) is 0 Å². The maximum atomic E-state index is 11.2. The number of rotatable bonds is 6. The van der Waals surface area contributed by atoms with E-state index in [4.69, 9.17) is 9.84 Å². The van der Waals surface area contributed by atoms with Gasteiger partial charge in [-0.15, -0.1) is 0 Å². The summed E-state index contributed by atoms with van der Waals surface area (Å²) >= 11 is 0. The number of methoxy groups -OCH3 is 1. The summed E-state index contributed by atoms with van der Waals surface area (Å²) in [4.78, 5) is 13.1. The molecule has 0 heterocycles. The third-order valence-corrected chi connectivity index (χ3v) is 2.69. The molecule has 1 aromatic rings. The smallest absolute Gasteiger partial charge is 0.337 e. The number of benzene rings is 1. The van der Waals surface area contributed by atoms with E-state index in [0.717, 1.165) is 24.2 Å². The van der Waals surface area contributed by atoms with Crippen molar-refractivity contribution >= 4 is 11.7 Å². The van der Waals surface area contributed by atoms with Crippen LogP contribution < -0.4 is 4.90 Å². The van der Waals surface area contributed by atoms with Crippen LogP contribution in [0, 0.1) is 6.92 Å². The largest absolute Gasteiger partial charge is 0.478 e. The highest BCUT2D eigenvalue weighted by Crippen LogP contribution is 2.24. The third-order valence-electron chi connectivity index (χ3n) is 2.69. The quantitative estimate of drug-likeness (QED) is 0.770. The topological polar surface area (TPSA) is 49.8 Å². The summed E-state index contributed by atoms with van der Waals surface area (Å²) in [5, 5.41) is 9.16. The van der Waals surface area contributed by atoms with E-state index < -0.39 is 5.97 Å². The minimum atomic E-state index is -0.887. The molecule has 0 aromatic heterocycles. The van der Waals surface area contributed by atoms with E-state index in [1.54, 1.807) is 19.2 Å². The molecule has 1 N–H and O–H groups in total. The zero-order chi connectivity index (χ0) is 12.8. The molecule has 0 atom stereocenters. The molecule has 0 amide bonds. The molecule has 1 rings (SSSR count). The lowest BCUT2D eigenvalue weighted by molar-refractivity contribution is 0.0697. The van der Waals surface area contributed by atoms with E-state index in [0.29, 0.717) is 12.2 Å². The molecule has 0 aliphatic rings. The van der Waals surface area contributed by atoms with Crippen molar-refractivity contribution < 1.29 is 14.6 Å². The first kappa shape index (κ1) is 13.5. The highest BCUT2D eigenvalue weighted by molar-refractivity contribution is 5.95.